The Morgan fingerprint density at radius 2 is 1.69 bits per heavy atom. The summed E-state index contributed by atoms with van der Waals surface area (Å²) in [5.41, 5.74) is 3.26. The lowest BCUT2D eigenvalue weighted by molar-refractivity contribution is -0.146. The molecule has 0 saturated heterocycles. The van der Waals surface area contributed by atoms with Crippen molar-refractivity contribution in [3.05, 3.63) is 71.2 Å². The Bertz CT molecular complexity index is 1000. The number of carbonyl (C=O) groups is 3. The molecule has 148 valence electrons. The highest BCUT2D eigenvalue weighted by Gasteiger charge is 2.12. The molecule has 1 aromatic heterocycles. The van der Waals surface area contributed by atoms with E-state index in [1.807, 2.05) is 49.4 Å². The molecule has 1 heterocycles. The number of nitrogens with one attached hydrogen (secondary N) is 2. The quantitative estimate of drug-likeness (QED) is 0.585. The van der Waals surface area contributed by atoms with Gasteiger partial charge in [-0.1, -0.05) is 42.5 Å². The number of benzene rings is 2. The van der Waals surface area contributed by atoms with Crippen molar-refractivity contribution in [2.24, 2.45) is 0 Å². The van der Waals surface area contributed by atoms with E-state index in [0.717, 1.165) is 16.8 Å². The van der Waals surface area contributed by atoms with Crippen LogP contribution in [0.5, 0.6) is 0 Å². The normalized spacial score (nSPS) is 10.2. The number of anilines is 1. The van der Waals surface area contributed by atoms with Gasteiger partial charge in [0.2, 0.25) is 0 Å². The minimum atomic E-state index is -0.704. The molecule has 3 rings (SSSR count). The number of aromatic nitrogens is 1. The van der Waals surface area contributed by atoms with E-state index in [-0.39, 0.29) is 6.54 Å². The average molecular weight is 409 g/mol. The molecule has 2 amide bonds. The molecule has 0 atom stereocenters. The van der Waals surface area contributed by atoms with E-state index >= 15 is 0 Å². The molecule has 7 nitrogen and oxygen atoms in total. The molecule has 0 fully saturated rings. The van der Waals surface area contributed by atoms with Gasteiger partial charge >= 0.3 is 5.97 Å². The molecule has 29 heavy (non-hydrogen) atoms. The summed E-state index contributed by atoms with van der Waals surface area (Å²) in [6.45, 7) is 1.03. The van der Waals surface area contributed by atoms with E-state index in [1.165, 1.54) is 11.3 Å². The van der Waals surface area contributed by atoms with Crippen LogP contribution in [0.2, 0.25) is 0 Å². The minimum Gasteiger partial charge on any atom is -0.454 e. The van der Waals surface area contributed by atoms with Gasteiger partial charge in [-0.2, -0.15) is 0 Å². The maximum Gasteiger partial charge on any atom is 0.325 e. The Hall–Kier alpha value is -3.52. The van der Waals surface area contributed by atoms with Crippen LogP contribution in [-0.4, -0.2) is 35.9 Å². The lowest BCUT2D eigenvalue weighted by Gasteiger charge is -2.07. The third-order valence-electron chi connectivity index (χ3n) is 3.88. The Kier molecular flexibility index (Phi) is 6.70. The highest BCUT2D eigenvalue weighted by atomic mass is 32.1. The second-order valence-corrected chi connectivity index (χ2v) is 6.99. The van der Waals surface area contributed by atoms with Crippen LogP contribution in [-0.2, 0) is 14.3 Å². The molecular weight excluding hydrogens is 390 g/mol. The van der Waals surface area contributed by atoms with Gasteiger partial charge in [-0.05, 0) is 30.2 Å². The fraction of sp³-hybridized carbons (Fsp3) is 0.143. The van der Waals surface area contributed by atoms with Gasteiger partial charge in [0.25, 0.3) is 11.8 Å². The van der Waals surface area contributed by atoms with Gasteiger partial charge in [-0.15, -0.1) is 11.3 Å². The number of carbonyl (C=O) groups excluding carboxylic acids is 3. The van der Waals surface area contributed by atoms with Crippen molar-refractivity contribution in [2.75, 3.05) is 18.5 Å². The number of hydrogen-bond acceptors (Lipinski definition) is 6. The third-order valence-corrected chi connectivity index (χ3v) is 4.75. The van der Waals surface area contributed by atoms with Crippen molar-refractivity contribution in [2.45, 2.75) is 6.92 Å². The van der Waals surface area contributed by atoms with Gasteiger partial charge in [-0.3, -0.25) is 19.7 Å². The molecule has 0 aliphatic rings. The number of ether oxygens (including phenoxy) is 1. The van der Waals surface area contributed by atoms with Crippen LogP contribution >= 0.6 is 11.3 Å². The summed E-state index contributed by atoms with van der Waals surface area (Å²) in [5, 5.41) is 7.25. The lowest BCUT2D eigenvalue weighted by Crippen LogP contribution is -2.32. The van der Waals surface area contributed by atoms with Gasteiger partial charge in [-0.25, -0.2) is 4.98 Å². The van der Waals surface area contributed by atoms with E-state index in [0.29, 0.717) is 10.7 Å². The van der Waals surface area contributed by atoms with Crippen LogP contribution < -0.4 is 10.6 Å². The number of aryl methyl sites for hydroxylation is 1. The smallest absolute Gasteiger partial charge is 0.325 e. The number of hydrogen-bond donors (Lipinski definition) is 2. The van der Waals surface area contributed by atoms with Crippen molar-refractivity contribution in [1.29, 1.82) is 0 Å². The molecule has 0 radical (unpaired) electrons. The molecule has 0 aliphatic heterocycles. The Morgan fingerprint density at radius 3 is 2.34 bits per heavy atom. The average Bonchev–Trinajstić information content (AvgIpc) is 3.15. The molecule has 0 unspecified atom stereocenters. The van der Waals surface area contributed by atoms with Crippen molar-refractivity contribution < 1.29 is 19.1 Å². The van der Waals surface area contributed by atoms with Gasteiger partial charge in [0.05, 0.1) is 5.69 Å². The highest BCUT2D eigenvalue weighted by Crippen LogP contribution is 2.19. The summed E-state index contributed by atoms with van der Waals surface area (Å²) in [6.07, 6.45) is 0. The van der Waals surface area contributed by atoms with Crippen LogP contribution in [0.1, 0.15) is 16.1 Å². The van der Waals surface area contributed by atoms with Crippen molar-refractivity contribution >= 4 is 34.3 Å². The number of amides is 2. The molecule has 0 saturated carbocycles. The number of thiazole rings is 1. The van der Waals surface area contributed by atoms with Crippen LogP contribution in [0.4, 0.5) is 5.13 Å². The minimum absolute atomic E-state index is 0.330. The Morgan fingerprint density at radius 1 is 1.00 bits per heavy atom. The van der Waals surface area contributed by atoms with Crippen molar-refractivity contribution in [3.8, 4) is 11.1 Å². The summed E-state index contributed by atoms with van der Waals surface area (Å²) in [7, 11) is 0. The number of rotatable bonds is 7. The van der Waals surface area contributed by atoms with E-state index in [2.05, 4.69) is 15.6 Å². The first kappa shape index (κ1) is 20.2. The largest absolute Gasteiger partial charge is 0.454 e. The molecule has 2 N–H and O–H groups in total. The van der Waals surface area contributed by atoms with Gasteiger partial charge in [0.15, 0.2) is 11.7 Å². The lowest BCUT2D eigenvalue weighted by atomic mass is 10.0. The first-order valence-electron chi connectivity index (χ1n) is 8.82. The molecular formula is C21H19N3O4S. The van der Waals surface area contributed by atoms with Crippen LogP contribution in [0.3, 0.4) is 0 Å². The van der Waals surface area contributed by atoms with E-state index < -0.39 is 24.4 Å². The van der Waals surface area contributed by atoms with Gasteiger partial charge < -0.3 is 10.1 Å². The Labute approximate surface area is 171 Å². The second-order valence-electron chi connectivity index (χ2n) is 6.13. The fourth-order valence-corrected chi connectivity index (χ4v) is 3.17. The molecule has 3 aromatic rings. The zero-order chi connectivity index (χ0) is 20.6. The summed E-state index contributed by atoms with van der Waals surface area (Å²) in [6, 6.07) is 16.8. The van der Waals surface area contributed by atoms with Crippen LogP contribution in [0.15, 0.2) is 60.0 Å². The van der Waals surface area contributed by atoms with Crippen LogP contribution in [0, 0.1) is 6.92 Å². The van der Waals surface area contributed by atoms with E-state index in [9.17, 15) is 14.4 Å². The maximum absolute atomic E-state index is 12.2. The highest BCUT2D eigenvalue weighted by molar-refractivity contribution is 7.13. The second kappa shape index (κ2) is 9.61. The summed E-state index contributed by atoms with van der Waals surface area (Å²) in [5.74, 6) is -1.59. The standard InChI is InChI=1S/C21H19N3O4S/c1-14-13-29-21(23-14)24-18(25)12-28-19(26)11-22-20(27)17-9-7-16(8-10-17)15-5-3-2-4-6-15/h2-10,13H,11-12H2,1H3,(H,22,27)(H,23,24,25). The summed E-state index contributed by atoms with van der Waals surface area (Å²) >= 11 is 1.28. The predicted octanol–water partition coefficient (Wildman–Crippen LogP) is 3.03. The van der Waals surface area contributed by atoms with E-state index in [1.54, 1.807) is 17.5 Å². The zero-order valence-corrected chi connectivity index (χ0v) is 16.5. The monoisotopic (exact) mass is 409 g/mol. The molecule has 0 bridgehead atoms. The van der Waals surface area contributed by atoms with Gasteiger partial charge in [0.1, 0.15) is 6.54 Å². The van der Waals surface area contributed by atoms with Gasteiger partial charge in [0, 0.05) is 10.9 Å². The maximum atomic E-state index is 12.2. The first-order chi connectivity index (χ1) is 14.0. The SMILES string of the molecule is Cc1csc(NC(=O)COC(=O)CNC(=O)c2ccc(-c3ccccc3)cc2)n1. The molecule has 0 aliphatic carbocycles. The third kappa shape index (κ3) is 5.98. The number of esters is 1. The summed E-state index contributed by atoms with van der Waals surface area (Å²) < 4.78 is 4.86. The van der Waals surface area contributed by atoms with E-state index in [4.69, 9.17) is 4.74 Å². The van der Waals surface area contributed by atoms with Crippen LogP contribution in [0.25, 0.3) is 11.1 Å². The van der Waals surface area contributed by atoms with Crippen molar-refractivity contribution in [3.63, 3.8) is 0 Å². The first-order valence-corrected chi connectivity index (χ1v) is 9.70. The molecule has 0 spiro atoms. The molecule has 8 heteroatoms. The van der Waals surface area contributed by atoms with Crippen molar-refractivity contribution in [1.82, 2.24) is 10.3 Å². The predicted molar refractivity (Wildman–Crippen MR) is 111 cm³/mol. The topological polar surface area (TPSA) is 97.4 Å². The zero-order valence-electron chi connectivity index (χ0n) is 15.7. The summed E-state index contributed by atoms with van der Waals surface area (Å²) in [4.78, 5) is 39.7. The fourth-order valence-electron chi connectivity index (χ4n) is 2.46. The molecule has 2 aromatic carbocycles. The number of nitrogens with zero attached hydrogens (tertiary/aromatic N) is 1. The Balaban J connectivity index is 1.42.